The lowest BCUT2D eigenvalue weighted by Crippen LogP contribution is -2.12. The molecular formula is C12H13N5O4S. The fourth-order valence-electron chi connectivity index (χ4n) is 1.69. The molecule has 0 aliphatic heterocycles. The molecule has 0 saturated carbocycles. The van der Waals surface area contributed by atoms with Crippen LogP contribution in [0.1, 0.15) is 12.6 Å². The van der Waals surface area contributed by atoms with E-state index in [0.717, 1.165) is 11.8 Å². The van der Waals surface area contributed by atoms with Gasteiger partial charge in [-0.1, -0.05) is 0 Å². The van der Waals surface area contributed by atoms with Gasteiger partial charge >= 0.3 is 0 Å². The number of rotatable bonds is 5. The molecule has 0 aliphatic rings. The van der Waals surface area contributed by atoms with Gasteiger partial charge in [0.15, 0.2) is 0 Å². The molecule has 4 N–H and O–H groups in total. The summed E-state index contributed by atoms with van der Waals surface area (Å²) in [6.07, 6.45) is 1.72. The first-order valence-corrected chi connectivity index (χ1v) is 7.59. The number of hydrogen-bond donors (Lipinski definition) is 3. The van der Waals surface area contributed by atoms with E-state index < -0.39 is 20.6 Å². The van der Waals surface area contributed by atoms with E-state index in [2.05, 4.69) is 15.5 Å². The van der Waals surface area contributed by atoms with E-state index in [4.69, 9.17) is 5.14 Å². The van der Waals surface area contributed by atoms with Gasteiger partial charge in [0.25, 0.3) is 5.69 Å². The van der Waals surface area contributed by atoms with Crippen molar-refractivity contribution >= 4 is 27.1 Å². The number of aromatic amines is 1. The number of nitrogens with zero attached hydrogens (tertiary/aromatic N) is 2. The van der Waals surface area contributed by atoms with Crippen LogP contribution >= 0.6 is 0 Å². The van der Waals surface area contributed by atoms with Crippen LogP contribution in [0.15, 0.2) is 46.5 Å². The smallest absolute Gasteiger partial charge is 0.295 e. The summed E-state index contributed by atoms with van der Waals surface area (Å²) in [7, 11) is -4.02. The Kier molecular flexibility index (Phi) is 4.24. The second kappa shape index (κ2) is 5.95. The number of nitro benzene ring substituents is 1. The van der Waals surface area contributed by atoms with Crippen LogP contribution in [0.4, 0.5) is 11.4 Å². The van der Waals surface area contributed by atoms with E-state index in [0.29, 0.717) is 5.71 Å². The molecule has 1 aromatic carbocycles. The predicted molar refractivity (Wildman–Crippen MR) is 81.1 cm³/mol. The van der Waals surface area contributed by atoms with E-state index in [1.807, 2.05) is 0 Å². The van der Waals surface area contributed by atoms with Gasteiger partial charge in [-0.15, -0.1) is 0 Å². The van der Waals surface area contributed by atoms with Crippen LogP contribution in [-0.4, -0.2) is 24.0 Å². The molecule has 0 atom stereocenters. The van der Waals surface area contributed by atoms with Gasteiger partial charge < -0.3 is 4.98 Å². The molecule has 0 amide bonds. The third kappa shape index (κ3) is 3.48. The number of primary sulfonamides is 1. The zero-order chi connectivity index (χ0) is 16.3. The predicted octanol–water partition coefficient (Wildman–Crippen LogP) is 1.41. The Morgan fingerprint density at radius 1 is 1.41 bits per heavy atom. The van der Waals surface area contributed by atoms with Crippen molar-refractivity contribution in [3.05, 3.63) is 52.3 Å². The molecule has 0 spiro atoms. The van der Waals surface area contributed by atoms with Crippen molar-refractivity contribution in [3.63, 3.8) is 0 Å². The summed E-state index contributed by atoms with van der Waals surface area (Å²) in [6, 6.07) is 6.88. The first-order chi connectivity index (χ1) is 10.3. The van der Waals surface area contributed by atoms with Gasteiger partial charge in [-0.25, -0.2) is 13.6 Å². The van der Waals surface area contributed by atoms with Crippen molar-refractivity contribution in [2.24, 2.45) is 10.2 Å². The highest BCUT2D eigenvalue weighted by molar-refractivity contribution is 7.89. The van der Waals surface area contributed by atoms with Gasteiger partial charge in [0.2, 0.25) is 10.0 Å². The molecular weight excluding hydrogens is 310 g/mol. The van der Waals surface area contributed by atoms with Crippen LogP contribution in [0.3, 0.4) is 0 Å². The van der Waals surface area contributed by atoms with Crippen LogP contribution in [0, 0.1) is 10.1 Å². The second-order valence-electron chi connectivity index (χ2n) is 4.37. The number of hydrogen-bond acceptors (Lipinski definition) is 6. The Morgan fingerprint density at radius 2 is 2.14 bits per heavy atom. The number of aromatic nitrogens is 1. The number of nitro groups is 1. The maximum absolute atomic E-state index is 11.2. The first kappa shape index (κ1) is 15.7. The van der Waals surface area contributed by atoms with E-state index >= 15 is 0 Å². The van der Waals surface area contributed by atoms with E-state index in [1.54, 1.807) is 25.3 Å². The minimum Gasteiger partial charge on any atom is -0.360 e. The standard InChI is InChI=1S/C12H13N5O4S/c1-8(10-3-2-6-14-10)15-16-11-5-4-9(22(13,20)21)7-12(11)17(18)19/h2-7,14,16H,1H3,(H2,13,20,21)/b15-8+. The number of benzene rings is 1. The third-order valence-corrected chi connectivity index (χ3v) is 3.74. The SMILES string of the molecule is C/C(=N\Nc1ccc(S(N)(=O)=O)cc1[N+](=O)[O-])c1ccc[nH]1. The summed E-state index contributed by atoms with van der Waals surface area (Å²) >= 11 is 0. The maximum Gasteiger partial charge on any atom is 0.295 e. The van der Waals surface area contributed by atoms with Gasteiger partial charge in [0.05, 0.1) is 21.2 Å². The zero-order valence-electron chi connectivity index (χ0n) is 11.5. The number of sulfonamides is 1. The average Bonchev–Trinajstić information content (AvgIpc) is 2.97. The summed E-state index contributed by atoms with van der Waals surface area (Å²) in [5, 5.41) is 20.0. The summed E-state index contributed by atoms with van der Waals surface area (Å²) in [5.74, 6) is 0. The van der Waals surface area contributed by atoms with Crippen molar-refractivity contribution in [3.8, 4) is 0 Å². The first-order valence-electron chi connectivity index (χ1n) is 6.04. The lowest BCUT2D eigenvalue weighted by atomic mass is 10.3. The Labute approximate surface area is 126 Å². The third-order valence-electron chi connectivity index (χ3n) is 2.83. The molecule has 10 heteroatoms. The van der Waals surface area contributed by atoms with Crippen LogP contribution < -0.4 is 10.6 Å². The number of nitrogens with one attached hydrogen (secondary N) is 2. The number of anilines is 1. The summed E-state index contributed by atoms with van der Waals surface area (Å²) in [6.45, 7) is 1.71. The molecule has 2 aromatic rings. The van der Waals surface area contributed by atoms with E-state index in [-0.39, 0.29) is 10.6 Å². The molecule has 116 valence electrons. The van der Waals surface area contributed by atoms with Crippen LogP contribution in [0.2, 0.25) is 0 Å². The highest BCUT2D eigenvalue weighted by atomic mass is 32.2. The molecule has 0 unspecified atom stereocenters. The lowest BCUT2D eigenvalue weighted by molar-refractivity contribution is -0.384. The average molecular weight is 323 g/mol. The molecule has 2 rings (SSSR count). The van der Waals surface area contributed by atoms with Gasteiger partial charge in [-0.2, -0.15) is 5.10 Å². The highest BCUT2D eigenvalue weighted by Gasteiger charge is 2.18. The number of nitrogens with two attached hydrogens (primary N) is 1. The molecule has 0 fully saturated rings. The van der Waals surface area contributed by atoms with Crippen molar-refractivity contribution in [2.45, 2.75) is 11.8 Å². The zero-order valence-corrected chi connectivity index (χ0v) is 12.3. The fourth-order valence-corrected chi connectivity index (χ4v) is 2.23. The second-order valence-corrected chi connectivity index (χ2v) is 5.94. The fraction of sp³-hybridized carbons (Fsp3) is 0.0833. The van der Waals surface area contributed by atoms with Crippen LogP contribution in [0.5, 0.6) is 0 Å². The van der Waals surface area contributed by atoms with Crippen LogP contribution in [-0.2, 0) is 10.0 Å². The van der Waals surface area contributed by atoms with Gasteiger partial charge in [-0.3, -0.25) is 15.5 Å². The lowest BCUT2D eigenvalue weighted by Gasteiger charge is -2.05. The largest absolute Gasteiger partial charge is 0.360 e. The molecule has 1 aromatic heterocycles. The minimum absolute atomic E-state index is 0.0586. The Hall–Kier alpha value is -2.72. The highest BCUT2D eigenvalue weighted by Crippen LogP contribution is 2.27. The summed E-state index contributed by atoms with van der Waals surface area (Å²) in [5.41, 5.74) is 3.50. The van der Waals surface area contributed by atoms with E-state index in [9.17, 15) is 18.5 Å². The van der Waals surface area contributed by atoms with E-state index in [1.165, 1.54) is 12.1 Å². The Balaban J connectivity index is 2.35. The Morgan fingerprint density at radius 3 is 2.68 bits per heavy atom. The van der Waals surface area contributed by atoms with Crippen molar-refractivity contribution in [2.75, 3.05) is 5.43 Å². The van der Waals surface area contributed by atoms with Gasteiger partial charge in [0, 0.05) is 12.3 Å². The Bertz CT molecular complexity index is 827. The normalized spacial score (nSPS) is 12.2. The summed E-state index contributed by atoms with van der Waals surface area (Å²) in [4.78, 5) is 12.9. The minimum atomic E-state index is -4.02. The quantitative estimate of drug-likeness (QED) is 0.433. The molecule has 1 heterocycles. The monoisotopic (exact) mass is 323 g/mol. The summed E-state index contributed by atoms with van der Waals surface area (Å²) < 4.78 is 22.5. The number of H-pyrrole nitrogens is 1. The van der Waals surface area contributed by atoms with Gasteiger partial charge in [0.1, 0.15) is 5.69 Å². The molecule has 9 nitrogen and oxygen atoms in total. The topological polar surface area (TPSA) is 143 Å². The molecule has 22 heavy (non-hydrogen) atoms. The van der Waals surface area contributed by atoms with Crippen LogP contribution in [0.25, 0.3) is 0 Å². The van der Waals surface area contributed by atoms with Crippen molar-refractivity contribution in [1.82, 2.24) is 4.98 Å². The van der Waals surface area contributed by atoms with Gasteiger partial charge in [-0.05, 0) is 31.2 Å². The molecule has 0 bridgehead atoms. The molecule has 0 radical (unpaired) electrons. The van der Waals surface area contributed by atoms with Crippen molar-refractivity contribution in [1.29, 1.82) is 0 Å². The molecule has 0 saturated heterocycles. The number of hydrazone groups is 1. The molecule has 0 aliphatic carbocycles. The maximum atomic E-state index is 11.2. The van der Waals surface area contributed by atoms with Crippen molar-refractivity contribution < 1.29 is 13.3 Å².